The Kier molecular flexibility index (Phi) is 74.3. The number of hydrogen-bond donors (Lipinski definition) is 0. The average Bonchev–Trinajstić information content (AvgIpc) is 3.30. The van der Waals surface area contributed by atoms with Gasteiger partial charge in [0.05, 0.1) is 0 Å². The molecular weight excluding hydrogens is 769 g/mol. The lowest BCUT2D eigenvalue weighted by Crippen LogP contribution is -2.21. The molecule has 0 aromatic carbocycles. The van der Waals surface area contributed by atoms with Crippen molar-refractivity contribution < 1.29 is 0 Å². The molecule has 0 heteroatoms. The van der Waals surface area contributed by atoms with Crippen molar-refractivity contribution >= 4 is 0 Å². The van der Waals surface area contributed by atoms with Crippen LogP contribution in [0.5, 0.6) is 0 Å². The minimum atomic E-state index is 0. The maximum atomic E-state index is 2.39. The van der Waals surface area contributed by atoms with Crippen LogP contribution in [-0.4, -0.2) is 0 Å². The van der Waals surface area contributed by atoms with Crippen molar-refractivity contribution in [2.75, 3.05) is 0 Å². The van der Waals surface area contributed by atoms with Crippen LogP contribution >= 0.6 is 0 Å². The van der Waals surface area contributed by atoms with Crippen molar-refractivity contribution in [1.82, 2.24) is 0 Å². The van der Waals surface area contributed by atoms with Crippen molar-refractivity contribution in [3.8, 4) is 0 Å². The molecule has 0 aromatic heterocycles. The number of rotatable bonds is 31. The summed E-state index contributed by atoms with van der Waals surface area (Å²) in [5, 5.41) is 0. The molecule has 0 amide bonds. The van der Waals surface area contributed by atoms with E-state index < -0.39 is 0 Å². The summed E-state index contributed by atoms with van der Waals surface area (Å²) in [5.41, 5.74) is 0. The van der Waals surface area contributed by atoms with Gasteiger partial charge >= 0.3 is 0 Å². The molecule has 0 saturated heterocycles. The molecule has 396 valence electrons. The highest BCUT2D eigenvalue weighted by molar-refractivity contribution is 4.77. The summed E-state index contributed by atoms with van der Waals surface area (Å²) < 4.78 is 0. The van der Waals surface area contributed by atoms with Gasteiger partial charge in [0.2, 0.25) is 0 Å². The lowest BCUT2D eigenvalue weighted by Gasteiger charge is -2.33. The molecule has 1 fully saturated rings. The summed E-state index contributed by atoms with van der Waals surface area (Å²) in [5.74, 6) is 9.06. The largest absolute Gasteiger partial charge is 0.0776 e. The second-order valence-electron chi connectivity index (χ2n) is 21.0. The Morgan fingerprint density at radius 2 is 0.516 bits per heavy atom. The van der Waals surface area contributed by atoms with Gasteiger partial charge in [0.1, 0.15) is 0 Å². The van der Waals surface area contributed by atoms with Crippen LogP contribution in [0.1, 0.15) is 364 Å². The zero-order valence-corrected chi connectivity index (χ0v) is 48.9. The second kappa shape index (κ2) is 63.0. The van der Waals surface area contributed by atoms with Gasteiger partial charge in [-0.3, -0.25) is 0 Å². The summed E-state index contributed by atoms with van der Waals surface area (Å²) in [6.45, 7) is 43.9. The molecule has 2 atom stereocenters. The monoisotopic (exact) mass is 909 g/mol. The standard InChI is InChI=1S/C16H32.C15H32.C12H26.C10H22.C7H16.C3H8.CH4/c1-5-13-9-14(6-2)11-16(8-4)12-15(7-3)10-13;1-6-13(7-2)11-15(10-5)12-14(8-3)9-4;1-4-7-8-9-11-12(6-3)10-5-2;1-4-7-9-10(6-3)8-5-2;1-3-5-7-6-4-2;1-3-2;/h13-16H,5-12H2,1-4H3;13-15H,6-12H2,1-5H3;12H,4-11H2,1-3H3;10H,4-9H2,1-3H3;3-7H2,1-2H3;3H2,1-2H3;1H4. The molecule has 0 N–H and O–H groups in total. The van der Waals surface area contributed by atoms with E-state index in [1.165, 1.54) is 225 Å². The molecule has 0 heterocycles. The lowest BCUT2D eigenvalue weighted by molar-refractivity contribution is 0.183. The Bertz CT molecular complexity index is 664. The number of unbranched alkanes of at least 4 members (excludes halogenated alkanes) is 8. The second-order valence-corrected chi connectivity index (χ2v) is 21.0. The van der Waals surface area contributed by atoms with Gasteiger partial charge in [-0.1, -0.05) is 325 Å². The Morgan fingerprint density at radius 3 is 0.734 bits per heavy atom. The lowest BCUT2D eigenvalue weighted by atomic mass is 9.72. The van der Waals surface area contributed by atoms with Crippen LogP contribution in [0.4, 0.5) is 0 Å². The normalized spacial score (nSPS) is 17.9. The van der Waals surface area contributed by atoms with Crippen molar-refractivity contribution in [2.45, 2.75) is 364 Å². The molecule has 0 radical (unpaired) electrons. The van der Waals surface area contributed by atoms with E-state index in [4.69, 9.17) is 0 Å². The summed E-state index contributed by atoms with van der Waals surface area (Å²) in [7, 11) is 0. The Morgan fingerprint density at radius 1 is 0.266 bits per heavy atom. The van der Waals surface area contributed by atoms with E-state index in [0.717, 1.165) is 53.3 Å². The predicted molar refractivity (Wildman–Crippen MR) is 308 cm³/mol. The van der Waals surface area contributed by atoms with Crippen LogP contribution < -0.4 is 0 Å². The topological polar surface area (TPSA) is 0 Å². The molecular formula is C64H140. The minimum absolute atomic E-state index is 0. The molecule has 0 bridgehead atoms. The molecule has 1 aliphatic rings. The fourth-order valence-electron chi connectivity index (χ4n) is 10.2. The molecule has 0 spiro atoms. The van der Waals surface area contributed by atoms with E-state index in [-0.39, 0.29) is 7.43 Å². The van der Waals surface area contributed by atoms with Gasteiger partial charge in [0.15, 0.2) is 0 Å². The predicted octanol–water partition coefficient (Wildman–Crippen LogP) is 25.1. The maximum Gasteiger partial charge on any atom is -0.0412 e. The van der Waals surface area contributed by atoms with E-state index in [2.05, 4.69) is 132 Å². The van der Waals surface area contributed by atoms with Gasteiger partial charge in [-0.15, -0.1) is 0 Å². The van der Waals surface area contributed by atoms with E-state index >= 15 is 0 Å². The maximum absolute atomic E-state index is 2.39. The first kappa shape index (κ1) is 75.5. The Hall–Kier alpha value is 0. The zero-order chi connectivity index (χ0) is 48.9. The van der Waals surface area contributed by atoms with E-state index in [1.54, 1.807) is 0 Å². The smallest absolute Gasteiger partial charge is 0.0412 e. The van der Waals surface area contributed by atoms with Gasteiger partial charge in [-0.25, -0.2) is 0 Å². The van der Waals surface area contributed by atoms with Crippen LogP contribution in [-0.2, 0) is 0 Å². The Balaban J connectivity index is -0.000000165. The highest BCUT2D eigenvalue weighted by Crippen LogP contribution is 2.38. The molecule has 0 aromatic rings. The van der Waals surface area contributed by atoms with Gasteiger partial charge in [-0.05, 0) is 91.8 Å². The van der Waals surface area contributed by atoms with E-state index in [9.17, 15) is 0 Å². The third kappa shape index (κ3) is 53.0. The quantitative estimate of drug-likeness (QED) is 0.0608. The Labute approximate surface area is 415 Å². The molecule has 0 aliphatic heterocycles. The van der Waals surface area contributed by atoms with Crippen LogP contribution in [0.2, 0.25) is 0 Å². The van der Waals surface area contributed by atoms with Gasteiger partial charge in [0.25, 0.3) is 0 Å². The van der Waals surface area contributed by atoms with Gasteiger partial charge < -0.3 is 0 Å². The molecule has 2 unspecified atom stereocenters. The van der Waals surface area contributed by atoms with Crippen LogP contribution in [0.25, 0.3) is 0 Å². The third-order valence-electron chi connectivity index (χ3n) is 15.4. The van der Waals surface area contributed by atoms with Crippen LogP contribution in [0.15, 0.2) is 0 Å². The van der Waals surface area contributed by atoms with Crippen molar-refractivity contribution in [3.05, 3.63) is 0 Å². The summed E-state index contributed by atoms with van der Waals surface area (Å²) in [6, 6.07) is 0. The summed E-state index contributed by atoms with van der Waals surface area (Å²) in [6.07, 6.45) is 49.6. The van der Waals surface area contributed by atoms with E-state index in [0.29, 0.717) is 0 Å². The first-order valence-corrected chi connectivity index (χ1v) is 30.5. The zero-order valence-electron chi connectivity index (χ0n) is 48.9. The summed E-state index contributed by atoms with van der Waals surface area (Å²) in [4.78, 5) is 0. The molecule has 1 rings (SSSR count). The molecule has 1 saturated carbocycles. The fourth-order valence-corrected chi connectivity index (χ4v) is 10.2. The van der Waals surface area contributed by atoms with Gasteiger partial charge in [0, 0.05) is 0 Å². The fraction of sp³-hybridized carbons (Fsp3) is 1.00. The van der Waals surface area contributed by atoms with E-state index in [1.807, 2.05) is 0 Å². The highest BCUT2D eigenvalue weighted by atomic mass is 14.3. The van der Waals surface area contributed by atoms with Crippen molar-refractivity contribution in [2.24, 2.45) is 53.3 Å². The number of hydrogen-bond acceptors (Lipinski definition) is 0. The van der Waals surface area contributed by atoms with Gasteiger partial charge in [-0.2, -0.15) is 0 Å². The minimum Gasteiger partial charge on any atom is -0.0776 e. The first-order chi connectivity index (χ1) is 30.5. The molecule has 64 heavy (non-hydrogen) atoms. The van der Waals surface area contributed by atoms with Crippen LogP contribution in [0.3, 0.4) is 0 Å². The molecule has 1 aliphatic carbocycles. The third-order valence-corrected chi connectivity index (χ3v) is 15.4. The molecule has 0 nitrogen and oxygen atoms in total. The van der Waals surface area contributed by atoms with Crippen LogP contribution in [0, 0.1) is 53.3 Å². The highest BCUT2D eigenvalue weighted by Gasteiger charge is 2.26. The van der Waals surface area contributed by atoms with Crippen molar-refractivity contribution in [1.29, 1.82) is 0 Å². The first-order valence-electron chi connectivity index (χ1n) is 30.5. The summed E-state index contributed by atoms with van der Waals surface area (Å²) >= 11 is 0. The SMILES string of the molecule is C.CCC.CCC(CC)CC(CC)CC(CC)CC.CCC1CC(CC)CC(CC)CC(CC)C1.CCCCC(CC)CCC.CCCCCCC.CCCCCCC(CC)CCC. The van der Waals surface area contributed by atoms with Crippen molar-refractivity contribution in [3.63, 3.8) is 0 Å². The average molecular weight is 910 g/mol.